The number of nitrogens with zero attached hydrogens (tertiary/aromatic N) is 1. The highest BCUT2D eigenvalue weighted by Crippen LogP contribution is 2.29. The minimum absolute atomic E-state index is 0.0757. The highest BCUT2D eigenvalue weighted by atomic mass is 32.2. The van der Waals surface area contributed by atoms with Gasteiger partial charge in [0.1, 0.15) is 6.04 Å². The number of nitrogens with one attached hydrogen (secondary N) is 2. The second-order valence-electron chi connectivity index (χ2n) is 12.4. The lowest BCUT2D eigenvalue weighted by Crippen LogP contribution is -2.61. The lowest BCUT2D eigenvalue weighted by atomic mass is 9.76. The van der Waals surface area contributed by atoms with E-state index in [2.05, 4.69) is 10.6 Å². The van der Waals surface area contributed by atoms with Gasteiger partial charge in [-0.3, -0.25) is 9.59 Å². The molecule has 0 bridgehead atoms. The second-order valence-corrected chi connectivity index (χ2v) is 14.5. The monoisotopic (exact) mass is 569 g/mol. The van der Waals surface area contributed by atoms with Crippen LogP contribution < -0.4 is 10.6 Å². The van der Waals surface area contributed by atoms with E-state index < -0.39 is 38.8 Å². The Hall–Kier alpha value is -2.97. The van der Waals surface area contributed by atoms with Crippen molar-refractivity contribution >= 4 is 21.7 Å². The van der Waals surface area contributed by atoms with Crippen molar-refractivity contribution < 1.29 is 18.0 Å². The van der Waals surface area contributed by atoms with Gasteiger partial charge in [0.05, 0.1) is 17.0 Å². The molecule has 0 fully saturated rings. The molecule has 2 amide bonds. The molecular weight excluding hydrogens is 522 g/mol. The average molecular weight is 570 g/mol. The number of sulfone groups is 1. The summed E-state index contributed by atoms with van der Waals surface area (Å²) in [4.78, 5) is 29.7. The highest BCUT2D eigenvalue weighted by Gasteiger charge is 2.41. The van der Waals surface area contributed by atoms with E-state index in [4.69, 9.17) is 0 Å². The molecular formula is C32H47N3O4S. The maximum Gasteiger partial charge on any atom is 0.245 e. The number of likely N-dealkylation sites (N-methyl/N-ethyl adjacent to an activating group) is 2. The average Bonchev–Trinajstić information content (AvgIpc) is 2.89. The lowest BCUT2D eigenvalue weighted by Gasteiger charge is -2.40. The summed E-state index contributed by atoms with van der Waals surface area (Å²) in [5, 5.41) is 6.19. The van der Waals surface area contributed by atoms with Gasteiger partial charge >= 0.3 is 0 Å². The third kappa shape index (κ3) is 7.61. The van der Waals surface area contributed by atoms with Crippen molar-refractivity contribution in [2.24, 2.45) is 11.3 Å². The summed E-state index contributed by atoms with van der Waals surface area (Å²) < 4.78 is 26.4. The molecule has 8 heteroatoms. The summed E-state index contributed by atoms with van der Waals surface area (Å²) in [5.41, 5.74) is -0.156. The summed E-state index contributed by atoms with van der Waals surface area (Å²) in [5.74, 6) is -0.640. The van der Waals surface area contributed by atoms with Crippen LogP contribution in [0, 0.1) is 11.3 Å². The van der Waals surface area contributed by atoms with Crippen LogP contribution in [-0.2, 0) is 24.8 Å². The van der Waals surface area contributed by atoms with Gasteiger partial charge in [-0.2, -0.15) is 0 Å². The third-order valence-corrected chi connectivity index (χ3v) is 9.43. The Morgan fingerprint density at radius 1 is 0.875 bits per heavy atom. The molecule has 0 aliphatic carbocycles. The van der Waals surface area contributed by atoms with E-state index in [1.54, 1.807) is 62.3 Å². The van der Waals surface area contributed by atoms with Gasteiger partial charge in [-0.15, -0.1) is 0 Å². The minimum atomic E-state index is -3.71. The summed E-state index contributed by atoms with van der Waals surface area (Å²) in [7, 11) is -0.299. The fourth-order valence-electron chi connectivity index (χ4n) is 4.95. The second kappa shape index (κ2) is 13.1. The topological polar surface area (TPSA) is 95.6 Å². The van der Waals surface area contributed by atoms with Gasteiger partial charge in [0.25, 0.3) is 0 Å². The van der Waals surface area contributed by atoms with Crippen LogP contribution in [0.2, 0.25) is 0 Å². The van der Waals surface area contributed by atoms with E-state index in [0.717, 1.165) is 5.56 Å². The SMILES string of the molecule is CN[C@H](C(=O)N[C@H](C(=O)N(C)[C@H](C=C(C)S(=O)(=O)c1ccccc1)C(C)C)C(C)(C)C)C(C)(C)c1ccccc1. The van der Waals surface area contributed by atoms with Crippen molar-refractivity contribution in [1.82, 2.24) is 15.5 Å². The first kappa shape index (κ1) is 33.2. The van der Waals surface area contributed by atoms with Gasteiger partial charge in [0, 0.05) is 17.4 Å². The zero-order chi connectivity index (χ0) is 30.5. The van der Waals surface area contributed by atoms with E-state index in [1.807, 2.05) is 78.8 Å². The van der Waals surface area contributed by atoms with Crippen LogP contribution in [0.3, 0.4) is 0 Å². The Labute approximate surface area is 241 Å². The van der Waals surface area contributed by atoms with Crippen LogP contribution in [0.15, 0.2) is 76.5 Å². The molecule has 2 N–H and O–H groups in total. The van der Waals surface area contributed by atoms with Crippen LogP contribution in [0.25, 0.3) is 0 Å². The van der Waals surface area contributed by atoms with Crippen LogP contribution >= 0.6 is 0 Å². The van der Waals surface area contributed by atoms with Crippen LogP contribution in [0.1, 0.15) is 61.0 Å². The Bertz CT molecular complexity index is 1280. The summed E-state index contributed by atoms with van der Waals surface area (Å²) in [6.45, 7) is 15.2. The van der Waals surface area contributed by atoms with Crippen molar-refractivity contribution in [2.45, 2.75) is 83.8 Å². The molecule has 2 aromatic rings. The first-order valence-corrected chi connectivity index (χ1v) is 15.2. The molecule has 40 heavy (non-hydrogen) atoms. The fraction of sp³-hybridized carbons (Fsp3) is 0.500. The summed E-state index contributed by atoms with van der Waals surface area (Å²) >= 11 is 0. The van der Waals surface area contributed by atoms with Crippen molar-refractivity contribution in [3.63, 3.8) is 0 Å². The number of benzene rings is 2. The third-order valence-electron chi connectivity index (χ3n) is 7.55. The zero-order valence-electron chi connectivity index (χ0n) is 25.6. The van der Waals surface area contributed by atoms with E-state index in [9.17, 15) is 18.0 Å². The molecule has 0 spiro atoms. The first-order chi connectivity index (χ1) is 18.5. The van der Waals surface area contributed by atoms with Crippen molar-refractivity contribution in [3.8, 4) is 0 Å². The van der Waals surface area contributed by atoms with Gasteiger partial charge in [-0.25, -0.2) is 8.42 Å². The smallest absolute Gasteiger partial charge is 0.245 e. The van der Waals surface area contributed by atoms with Gasteiger partial charge in [-0.05, 0) is 49.1 Å². The van der Waals surface area contributed by atoms with Gasteiger partial charge in [-0.1, -0.05) is 97.0 Å². The number of hydrogen-bond acceptors (Lipinski definition) is 5. The highest BCUT2D eigenvalue weighted by molar-refractivity contribution is 7.95. The van der Waals surface area contributed by atoms with E-state index >= 15 is 0 Å². The molecule has 2 rings (SSSR count). The standard InChI is InChI=1S/C32H47N3O4S/c1-22(2)26(21-23(3)40(38,39)25-19-15-12-16-20-25)35(10)30(37)28(31(4,5)6)34-29(36)27(33-9)32(7,8)24-17-13-11-14-18-24/h11-22,26-28,33H,1-10H3,(H,34,36)/t26-,27-,28-/m1/s1. The largest absolute Gasteiger partial charge is 0.342 e. The summed E-state index contributed by atoms with van der Waals surface area (Å²) in [6.07, 6.45) is 1.64. The zero-order valence-corrected chi connectivity index (χ0v) is 26.5. The number of allylic oxidation sites excluding steroid dienone is 1. The molecule has 3 atom stereocenters. The van der Waals surface area contributed by atoms with Gasteiger partial charge in [0.15, 0.2) is 0 Å². The van der Waals surface area contributed by atoms with Crippen LogP contribution in [-0.4, -0.2) is 57.4 Å². The number of hydrogen-bond donors (Lipinski definition) is 2. The first-order valence-electron chi connectivity index (χ1n) is 13.7. The number of rotatable bonds is 11. The van der Waals surface area contributed by atoms with Crippen molar-refractivity contribution in [2.75, 3.05) is 14.1 Å². The molecule has 0 heterocycles. The molecule has 0 unspecified atom stereocenters. The molecule has 0 aromatic heterocycles. The summed E-state index contributed by atoms with van der Waals surface area (Å²) in [6, 6.07) is 16.1. The maximum absolute atomic E-state index is 14.0. The number of carbonyl (C=O) groups is 2. The van der Waals surface area contributed by atoms with Gasteiger partial charge in [0.2, 0.25) is 21.7 Å². The molecule has 220 valence electrons. The van der Waals surface area contributed by atoms with E-state index in [-0.39, 0.29) is 27.5 Å². The Morgan fingerprint density at radius 3 is 1.82 bits per heavy atom. The predicted octanol–water partition coefficient (Wildman–Crippen LogP) is 4.94. The Kier molecular flexibility index (Phi) is 10.9. The Morgan fingerprint density at radius 2 is 1.38 bits per heavy atom. The number of amides is 2. The van der Waals surface area contributed by atoms with E-state index in [1.165, 1.54) is 0 Å². The minimum Gasteiger partial charge on any atom is -0.342 e. The molecule has 7 nitrogen and oxygen atoms in total. The predicted molar refractivity (Wildman–Crippen MR) is 162 cm³/mol. The quantitative estimate of drug-likeness (QED) is 0.400. The Balaban J connectivity index is 2.40. The fourth-order valence-corrected chi connectivity index (χ4v) is 6.15. The molecule has 0 saturated carbocycles. The molecule has 2 aromatic carbocycles. The van der Waals surface area contributed by atoms with E-state index in [0.29, 0.717) is 0 Å². The van der Waals surface area contributed by atoms with Crippen molar-refractivity contribution in [3.05, 3.63) is 77.2 Å². The normalized spacial score (nSPS) is 15.3. The van der Waals surface area contributed by atoms with Crippen LogP contribution in [0.5, 0.6) is 0 Å². The molecule has 0 aliphatic rings. The molecule has 0 radical (unpaired) electrons. The molecule has 0 saturated heterocycles. The van der Waals surface area contributed by atoms with Crippen LogP contribution in [0.4, 0.5) is 0 Å². The lowest BCUT2D eigenvalue weighted by molar-refractivity contribution is -0.140. The number of carbonyl (C=O) groups excluding carboxylic acids is 2. The molecule has 0 aliphatic heterocycles. The van der Waals surface area contributed by atoms with Gasteiger partial charge < -0.3 is 15.5 Å². The van der Waals surface area contributed by atoms with Crippen molar-refractivity contribution in [1.29, 1.82) is 0 Å². The maximum atomic E-state index is 14.0.